The number of hydrogen-bond donors (Lipinski definition) is 1. The molecule has 0 bridgehead atoms. The van der Waals surface area contributed by atoms with Crippen LogP contribution in [0.15, 0.2) is 68.0 Å². The van der Waals surface area contributed by atoms with E-state index in [9.17, 15) is 21.6 Å². The van der Waals surface area contributed by atoms with Crippen molar-refractivity contribution in [2.45, 2.75) is 33.5 Å². The summed E-state index contributed by atoms with van der Waals surface area (Å²) in [5, 5.41) is 0.493. The number of rotatable bonds is 9. The van der Waals surface area contributed by atoms with E-state index in [-0.39, 0.29) is 10.6 Å². The molecular formula is C25H25BrF3N3O5S2. The molecular weight excluding hydrogens is 623 g/mol. The average molecular weight is 649 g/mol. The fourth-order valence-electron chi connectivity index (χ4n) is 3.92. The summed E-state index contributed by atoms with van der Waals surface area (Å²) in [5.41, 5.74) is -1.04. The Hall–Kier alpha value is -2.68. The first-order valence-electron chi connectivity index (χ1n) is 11.5. The Balaban J connectivity index is 1.55. The Labute approximate surface area is 237 Å². The number of anilines is 1. The van der Waals surface area contributed by atoms with E-state index in [1.165, 1.54) is 38.2 Å². The summed E-state index contributed by atoms with van der Waals surface area (Å²) < 4.78 is 85.9. The van der Waals surface area contributed by atoms with Crippen LogP contribution in [0, 0.1) is 0 Å². The number of nitrogens with one attached hydrogen (secondary N) is 1. The van der Waals surface area contributed by atoms with E-state index in [1.807, 2.05) is 11.9 Å². The number of alkyl halides is 3. The molecule has 1 aliphatic rings. The zero-order valence-corrected chi connectivity index (χ0v) is 24.3. The molecule has 4 rings (SSSR count). The quantitative estimate of drug-likeness (QED) is 0.306. The molecule has 1 N–H and O–H groups in total. The molecule has 0 saturated carbocycles. The van der Waals surface area contributed by atoms with Crippen molar-refractivity contribution >= 4 is 43.4 Å². The molecule has 14 heteroatoms. The number of sulfonamides is 1. The molecule has 1 atom stereocenters. The third kappa shape index (κ3) is 7.10. The maximum absolute atomic E-state index is 13.6. The third-order valence-electron chi connectivity index (χ3n) is 5.84. The second-order valence-corrected chi connectivity index (χ2v) is 12.3. The molecule has 1 saturated heterocycles. The predicted molar refractivity (Wildman–Crippen MR) is 144 cm³/mol. The number of hydrogen-bond acceptors (Lipinski definition) is 8. The number of aromatic nitrogens is 1. The van der Waals surface area contributed by atoms with Crippen molar-refractivity contribution in [2.75, 3.05) is 39.1 Å². The number of likely N-dealkylation sites (N-methyl/N-ethyl adjacent to an activating group) is 1. The number of nitrogens with zero attached hydrogens (tertiary/aromatic N) is 2. The van der Waals surface area contributed by atoms with Crippen LogP contribution >= 0.6 is 27.7 Å². The van der Waals surface area contributed by atoms with Crippen molar-refractivity contribution in [1.29, 1.82) is 0 Å². The van der Waals surface area contributed by atoms with Gasteiger partial charge in [-0.15, -0.1) is 0 Å². The zero-order chi connectivity index (χ0) is 28.4. The van der Waals surface area contributed by atoms with Crippen LogP contribution in [0.1, 0.15) is 12.0 Å². The number of halogens is 4. The second-order valence-electron chi connectivity index (χ2n) is 8.68. The maximum atomic E-state index is 13.6. The summed E-state index contributed by atoms with van der Waals surface area (Å²) in [6, 6.07) is 9.60. The summed E-state index contributed by atoms with van der Waals surface area (Å²) in [7, 11) is 0.721. The highest BCUT2D eigenvalue weighted by molar-refractivity contribution is 9.10. The largest absolute Gasteiger partial charge is 0.493 e. The molecule has 1 aliphatic heterocycles. The Morgan fingerprint density at radius 1 is 1.08 bits per heavy atom. The third-order valence-corrected chi connectivity index (χ3v) is 9.07. The average Bonchev–Trinajstić information content (AvgIpc) is 3.28. The van der Waals surface area contributed by atoms with Gasteiger partial charge >= 0.3 is 6.18 Å². The zero-order valence-electron chi connectivity index (χ0n) is 21.1. The summed E-state index contributed by atoms with van der Waals surface area (Å²) >= 11 is 4.63. The van der Waals surface area contributed by atoms with Crippen molar-refractivity contribution < 1.29 is 35.8 Å². The summed E-state index contributed by atoms with van der Waals surface area (Å²) in [6.07, 6.45) is -3.35. The van der Waals surface area contributed by atoms with Gasteiger partial charge in [-0.1, -0.05) is 11.8 Å². The van der Waals surface area contributed by atoms with E-state index < -0.39 is 33.6 Å². The number of methoxy groups -OCH3 is 2. The molecule has 1 aromatic heterocycles. The van der Waals surface area contributed by atoms with Gasteiger partial charge in [0.1, 0.15) is 21.8 Å². The molecule has 0 spiro atoms. The highest BCUT2D eigenvalue weighted by Crippen LogP contribution is 2.40. The predicted octanol–water partition coefficient (Wildman–Crippen LogP) is 5.92. The lowest BCUT2D eigenvalue weighted by atomic mass is 10.1. The highest BCUT2D eigenvalue weighted by Gasteiger charge is 2.36. The van der Waals surface area contributed by atoms with Crippen LogP contribution in [0.5, 0.6) is 17.2 Å². The van der Waals surface area contributed by atoms with Gasteiger partial charge in [0, 0.05) is 30.2 Å². The van der Waals surface area contributed by atoms with E-state index in [2.05, 4.69) is 25.6 Å². The normalized spacial score (nSPS) is 16.2. The van der Waals surface area contributed by atoms with Gasteiger partial charge in [-0.3, -0.25) is 4.72 Å². The Bertz CT molecular complexity index is 1460. The lowest BCUT2D eigenvalue weighted by molar-refractivity contribution is -0.139. The van der Waals surface area contributed by atoms with Crippen molar-refractivity contribution in [3.8, 4) is 17.2 Å². The van der Waals surface area contributed by atoms with E-state index in [4.69, 9.17) is 14.2 Å². The van der Waals surface area contributed by atoms with Crippen LogP contribution in [0.25, 0.3) is 0 Å². The van der Waals surface area contributed by atoms with Gasteiger partial charge < -0.3 is 19.1 Å². The van der Waals surface area contributed by atoms with Crippen LogP contribution in [0.2, 0.25) is 0 Å². The van der Waals surface area contributed by atoms with Gasteiger partial charge in [0.15, 0.2) is 11.5 Å². The summed E-state index contributed by atoms with van der Waals surface area (Å²) in [6.45, 7) is 1.17. The Morgan fingerprint density at radius 2 is 1.82 bits per heavy atom. The van der Waals surface area contributed by atoms with E-state index in [0.29, 0.717) is 40.5 Å². The van der Waals surface area contributed by atoms with Crippen molar-refractivity contribution in [3.63, 3.8) is 0 Å². The molecule has 1 fully saturated rings. The Morgan fingerprint density at radius 3 is 2.44 bits per heavy atom. The first-order valence-corrected chi connectivity index (χ1v) is 14.6. The van der Waals surface area contributed by atoms with E-state index in [0.717, 1.165) is 23.1 Å². The van der Waals surface area contributed by atoms with Crippen LogP contribution < -0.4 is 18.9 Å². The molecule has 3 aromatic rings. The topological polar surface area (TPSA) is 90.0 Å². The standard InChI is InChI=1S/C25H25BrF3N3O5S2/c1-32-9-8-16(14-32)37-22-10-15(4-6-19(22)25(27,28)29)31-39(33,34)18-12-20(26)24(30-13-18)38-17-5-7-21(35-2)23(11-17)36-3/h4-7,10-13,16,31H,8-9,14H2,1-3H3/t16-/m1/s1. The van der Waals surface area contributed by atoms with Crippen LogP contribution in [-0.2, 0) is 16.2 Å². The number of likely N-dealkylation sites (tertiary alicyclic amines) is 1. The van der Waals surface area contributed by atoms with E-state index in [1.54, 1.807) is 18.2 Å². The minimum Gasteiger partial charge on any atom is -0.493 e. The van der Waals surface area contributed by atoms with Gasteiger partial charge in [-0.05, 0) is 65.8 Å². The molecule has 0 amide bonds. The lowest BCUT2D eigenvalue weighted by Gasteiger charge is -2.19. The molecule has 39 heavy (non-hydrogen) atoms. The minimum absolute atomic E-state index is 0.0655. The fourth-order valence-corrected chi connectivity index (χ4v) is 6.47. The van der Waals surface area contributed by atoms with Gasteiger partial charge in [-0.25, -0.2) is 13.4 Å². The second kappa shape index (κ2) is 11.8. The van der Waals surface area contributed by atoms with Crippen molar-refractivity contribution in [1.82, 2.24) is 9.88 Å². The summed E-state index contributed by atoms with van der Waals surface area (Å²) in [4.78, 5) is 6.82. The fraction of sp³-hybridized carbons (Fsp3) is 0.320. The van der Waals surface area contributed by atoms with Gasteiger partial charge in [0.05, 0.1) is 29.9 Å². The molecule has 8 nitrogen and oxygen atoms in total. The molecule has 2 aromatic carbocycles. The SMILES string of the molecule is COc1ccc(Sc2ncc(S(=O)(=O)Nc3ccc(C(F)(F)F)c(O[C@@H]4CCN(C)C4)c3)cc2Br)cc1OC. The molecule has 2 heterocycles. The Kier molecular flexibility index (Phi) is 8.88. The molecule has 0 radical (unpaired) electrons. The van der Waals surface area contributed by atoms with Crippen molar-refractivity contribution in [3.05, 3.63) is 58.7 Å². The number of ether oxygens (including phenoxy) is 3. The first-order chi connectivity index (χ1) is 18.4. The maximum Gasteiger partial charge on any atom is 0.419 e. The number of benzene rings is 2. The smallest absolute Gasteiger partial charge is 0.419 e. The van der Waals surface area contributed by atoms with Gasteiger partial charge in [0.25, 0.3) is 10.0 Å². The van der Waals surface area contributed by atoms with Crippen LogP contribution in [-0.4, -0.2) is 58.8 Å². The molecule has 0 aliphatic carbocycles. The highest BCUT2D eigenvalue weighted by atomic mass is 79.9. The monoisotopic (exact) mass is 647 g/mol. The first kappa shape index (κ1) is 29.3. The lowest BCUT2D eigenvalue weighted by Crippen LogP contribution is -2.23. The van der Waals surface area contributed by atoms with Gasteiger partial charge in [-0.2, -0.15) is 13.2 Å². The molecule has 0 unspecified atom stereocenters. The summed E-state index contributed by atoms with van der Waals surface area (Å²) in [5.74, 6) is 0.666. The minimum atomic E-state index is -4.66. The van der Waals surface area contributed by atoms with Gasteiger partial charge in [0.2, 0.25) is 0 Å². The van der Waals surface area contributed by atoms with Crippen molar-refractivity contribution in [2.24, 2.45) is 0 Å². The van der Waals surface area contributed by atoms with E-state index >= 15 is 0 Å². The molecule has 210 valence electrons. The van der Waals surface area contributed by atoms with Crippen LogP contribution in [0.4, 0.5) is 18.9 Å². The number of pyridine rings is 1. The van der Waals surface area contributed by atoms with Crippen LogP contribution in [0.3, 0.4) is 0 Å².